The van der Waals surface area contributed by atoms with Crippen LogP contribution in [0.25, 0.3) is 0 Å². The number of ether oxygens (including phenoxy) is 3. The van der Waals surface area contributed by atoms with Crippen LogP contribution in [0.5, 0.6) is 0 Å². The molecule has 25 heavy (non-hydrogen) atoms. The van der Waals surface area contributed by atoms with E-state index in [1.807, 2.05) is 0 Å². The van der Waals surface area contributed by atoms with Gasteiger partial charge in [0, 0.05) is 32.7 Å². The lowest BCUT2D eigenvalue weighted by Crippen LogP contribution is -2.47. The van der Waals surface area contributed by atoms with E-state index in [9.17, 15) is 0 Å². The molecule has 3 atom stereocenters. The third-order valence-corrected chi connectivity index (χ3v) is 6.36. The zero-order valence-electron chi connectivity index (χ0n) is 15.0. The average Bonchev–Trinajstić information content (AvgIpc) is 3.03. The molecule has 0 bridgehead atoms. The topological polar surface area (TPSA) is 30.9 Å². The molecule has 4 nitrogen and oxygen atoms in total. The molecule has 2 aliphatic carbocycles. The molecule has 0 aromatic rings. The molecule has 0 spiro atoms. The van der Waals surface area contributed by atoms with E-state index < -0.39 is 0 Å². The SMILES string of the molecule is COC1C=CC=C2CC3C4=C(C=C5OCOC5C4)CCN3CC2=C1C. The van der Waals surface area contributed by atoms with E-state index >= 15 is 0 Å². The Morgan fingerprint density at radius 1 is 1.28 bits per heavy atom. The standard InChI is InChI=1S/C21H25NO3/c1-13-17-11-22-7-6-15-9-20-21(25-12-24-20)10-16(15)18(22)8-14(17)4-3-5-19(13)23-2/h3-5,9,18-19,21H,6-8,10-12H2,1-2H3. The molecular formula is C21H25NO3. The van der Waals surface area contributed by atoms with Crippen LogP contribution >= 0.6 is 0 Å². The zero-order valence-corrected chi connectivity index (χ0v) is 15.0. The first-order chi connectivity index (χ1) is 12.2. The van der Waals surface area contributed by atoms with Gasteiger partial charge < -0.3 is 14.2 Å². The van der Waals surface area contributed by atoms with Crippen molar-refractivity contribution in [3.63, 3.8) is 0 Å². The molecule has 0 aromatic heterocycles. The van der Waals surface area contributed by atoms with Crippen LogP contribution in [-0.4, -0.2) is 50.1 Å². The fourth-order valence-corrected chi connectivity index (χ4v) is 4.94. The van der Waals surface area contributed by atoms with Crippen LogP contribution in [0.1, 0.15) is 26.2 Å². The highest BCUT2D eigenvalue weighted by Gasteiger charge is 2.40. The van der Waals surface area contributed by atoms with Crippen molar-refractivity contribution in [2.75, 3.05) is 27.0 Å². The Labute approximate surface area is 149 Å². The summed E-state index contributed by atoms with van der Waals surface area (Å²) >= 11 is 0. The predicted octanol–water partition coefficient (Wildman–Crippen LogP) is 3.25. The van der Waals surface area contributed by atoms with Gasteiger partial charge in [0.2, 0.25) is 0 Å². The summed E-state index contributed by atoms with van der Waals surface area (Å²) in [7, 11) is 1.79. The fourth-order valence-electron chi connectivity index (χ4n) is 4.94. The van der Waals surface area contributed by atoms with Gasteiger partial charge in [0.05, 0.1) is 6.10 Å². The first kappa shape index (κ1) is 15.6. The lowest BCUT2D eigenvalue weighted by atomic mass is 9.77. The first-order valence-electron chi connectivity index (χ1n) is 9.26. The Balaban J connectivity index is 1.49. The second-order valence-corrected chi connectivity index (χ2v) is 7.55. The maximum Gasteiger partial charge on any atom is 0.189 e. The van der Waals surface area contributed by atoms with Crippen molar-refractivity contribution >= 4 is 0 Å². The van der Waals surface area contributed by atoms with E-state index in [-0.39, 0.29) is 12.2 Å². The minimum Gasteiger partial charge on any atom is -0.469 e. The lowest BCUT2D eigenvalue weighted by Gasteiger charge is -2.45. The number of rotatable bonds is 1. The molecule has 132 valence electrons. The van der Waals surface area contributed by atoms with Crippen LogP contribution in [0.15, 0.2) is 57.9 Å². The van der Waals surface area contributed by atoms with Crippen molar-refractivity contribution in [1.29, 1.82) is 0 Å². The van der Waals surface area contributed by atoms with Gasteiger partial charge in [-0.25, -0.2) is 0 Å². The number of hydrogen-bond donors (Lipinski definition) is 0. The van der Waals surface area contributed by atoms with Gasteiger partial charge in [-0.2, -0.15) is 0 Å². The van der Waals surface area contributed by atoms with Gasteiger partial charge in [0.1, 0.15) is 11.9 Å². The minimum absolute atomic E-state index is 0.101. The fraction of sp³-hybridized carbons (Fsp3) is 0.524. The zero-order chi connectivity index (χ0) is 17.0. The maximum atomic E-state index is 5.76. The highest BCUT2D eigenvalue weighted by Crippen LogP contribution is 2.43. The van der Waals surface area contributed by atoms with Crippen LogP contribution in [-0.2, 0) is 14.2 Å². The Bertz CT molecular complexity index is 755. The molecule has 4 heteroatoms. The minimum atomic E-state index is 0.101. The van der Waals surface area contributed by atoms with Crippen molar-refractivity contribution in [2.45, 2.75) is 44.4 Å². The molecule has 3 aliphatic heterocycles. The quantitative estimate of drug-likeness (QED) is 0.734. The second-order valence-electron chi connectivity index (χ2n) is 7.55. The van der Waals surface area contributed by atoms with Crippen LogP contribution in [0.4, 0.5) is 0 Å². The summed E-state index contributed by atoms with van der Waals surface area (Å²) in [5, 5.41) is 0. The van der Waals surface area contributed by atoms with Crippen molar-refractivity contribution < 1.29 is 14.2 Å². The van der Waals surface area contributed by atoms with E-state index in [4.69, 9.17) is 14.2 Å². The number of fused-ring (bicyclic) bond motifs is 4. The van der Waals surface area contributed by atoms with E-state index in [2.05, 4.69) is 36.1 Å². The summed E-state index contributed by atoms with van der Waals surface area (Å²) in [6, 6.07) is 0.501. The Hall–Kier alpha value is -1.62. The van der Waals surface area contributed by atoms with E-state index in [0.29, 0.717) is 12.8 Å². The molecule has 3 heterocycles. The van der Waals surface area contributed by atoms with Gasteiger partial charge in [-0.15, -0.1) is 0 Å². The van der Waals surface area contributed by atoms with Crippen molar-refractivity contribution in [2.24, 2.45) is 0 Å². The van der Waals surface area contributed by atoms with E-state index in [1.54, 1.807) is 12.7 Å². The molecule has 0 N–H and O–H groups in total. The Morgan fingerprint density at radius 2 is 2.20 bits per heavy atom. The van der Waals surface area contributed by atoms with Crippen molar-refractivity contribution in [3.8, 4) is 0 Å². The first-order valence-corrected chi connectivity index (χ1v) is 9.26. The summed E-state index contributed by atoms with van der Waals surface area (Å²) < 4.78 is 17.1. The molecule has 5 rings (SSSR count). The summed E-state index contributed by atoms with van der Waals surface area (Å²) in [6.07, 6.45) is 12.3. The predicted molar refractivity (Wildman–Crippen MR) is 95.9 cm³/mol. The van der Waals surface area contributed by atoms with Gasteiger partial charge in [0.25, 0.3) is 0 Å². The normalized spacial score (nSPS) is 34.4. The van der Waals surface area contributed by atoms with Crippen molar-refractivity contribution in [3.05, 3.63) is 57.9 Å². The number of nitrogens with zero attached hydrogens (tertiary/aromatic N) is 1. The largest absolute Gasteiger partial charge is 0.469 e. The molecule has 2 saturated heterocycles. The van der Waals surface area contributed by atoms with Crippen LogP contribution in [0, 0.1) is 0 Å². The van der Waals surface area contributed by atoms with Crippen LogP contribution < -0.4 is 0 Å². The smallest absolute Gasteiger partial charge is 0.189 e. The van der Waals surface area contributed by atoms with E-state index in [1.165, 1.54) is 22.3 Å². The van der Waals surface area contributed by atoms with Gasteiger partial charge in [-0.3, -0.25) is 4.90 Å². The summed E-state index contributed by atoms with van der Waals surface area (Å²) in [6.45, 7) is 4.78. The molecule has 0 radical (unpaired) electrons. The molecule has 3 unspecified atom stereocenters. The second kappa shape index (κ2) is 5.97. The number of piperidine rings is 1. The van der Waals surface area contributed by atoms with Crippen LogP contribution in [0.3, 0.4) is 0 Å². The lowest BCUT2D eigenvalue weighted by molar-refractivity contribution is 0.0483. The molecule has 0 amide bonds. The molecule has 0 saturated carbocycles. The van der Waals surface area contributed by atoms with E-state index in [0.717, 1.165) is 38.1 Å². The summed E-state index contributed by atoms with van der Waals surface area (Å²) in [5.74, 6) is 1.04. The molecule has 5 aliphatic rings. The van der Waals surface area contributed by atoms with Crippen molar-refractivity contribution in [1.82, 2.24) is 4.90 Å². The highest BCUT2D eigenvalue weighted by atomic mass is 16.7. The highest BCUT2D eigenvalue weighted by molar-refractivity contribution is 5.49. The number of methoxy groups -OCH3 is 1. The summed E-state index contributed by atoms with van der Waals surface area (Å²) in [4.78, 5) is 2.65. The van der Waals surface area contributed by atoms with Gasteiger partial charge in [-0.05, 0) is 53.7 Å². The molecule has 0 aromatic carbocycles. The monoisotopic (exact) mass is 339 g/mol. The third kappa shape index (κ3) is 2.47. The molecule has 2 fully saturated rings. The molecular weight excluding hydrogens is 314 g/mol. The van der Waals surface area contributed by atoms with Crippen LogP contribution in [0.2, 0.25) is 0 Å². The van der Waals surface area contributed by atoms with Gasteiger partial charge in [0.15, 0.2) is 6.79 Å². The Morgan fingerprint density at radius 3 is 3.08 bits per heavy atom. The number of hydrogen-bond acceptors (Lipinski definition) is 4. The third-order valence-electron chi connectivity index (χ3n) is 6.36. The maximum absolute atomic E-state index is 5.76. The number of allylic oxidation sites excluding steroid dienone is 3. The Kier molecular flexibility index (Phi) is 3.73. The summed E-state index contributed by atoms with van der Waals surface area (Å²) in [5.41, 5.74) is 7.37. The van der Waals surface area contributed by atoms with Gasteiger partial charge >= 0.3 is 0 Å². The average molecular weight is 339 g/mol. The van der Waals surface area contributed by atoms with Gasteiger partial charge in [-0.1, -0.05) is 18.2 Å².